The molecular weight excluding hydrogens is 504 g/mol. The summed E-state index contributed by atoms with van der Waals surface area (Å²) < 4.78 is 0. The van der Waals surface area contributed by atoms with Crippen LogP contribution in [0.3, 0.4) is 0 Å². The monoisotopic (exact) mass is 536 g/mol. The Hall–Kier alpha value is -4.03. The Balaban J connectivity index is 1.61. The highest BCUT2D eigenvalue weighted by atomic mass is 32.1. The Bertz CT molecular complexity index is 1550. The third-order valence-corrected chi connectivity index (χ3v) is 8.44. The largest absolute Gasteiger partial charge is 0.503 e. The lowest BCUT2D eigenvalue weighted by Crippen LogP contribution is -2.31. The van der Waals surface area contributed by atoms with Gasteiger partial charge in [-0.15, -0.1) is 11.3 Å². The van der Waals surface area contributed by atoms with E-state index in [-0.39, 0.29) is 11.4 Å². The molecule has 1 amide bonds. The number of aryl methyl sites for hydroxylation is 1. The highest BCUT2D eigenvalue weighted by Crippen LogP contribution is 2.43. The Morgan fingerprint density at radius 3 is 2.00 bits per heavy atom. The van der Waals surface area contributed by atoms with Gasteiger partial charge in [0.05, 0.1) is 22.2 Å². The normalized spacial score (nSPS) is 15.6. The van der Waals surface area contributed by atoms with E-state index in [2.05, 4.69) is 32.7 Å². The zero-order valence-corrected chi connectivity index (χ0v) is 23.6. The summed E-state index contributed by atoms with van der Waals surface area (Å²) in [4.78, 5) is 34.3. The van der Waals surface area contributed by atoms with Gasteiger partial charge in [0.2, 0.25) is 5.78 Å². The molecule has 1 atom stereocenters. The molecule has 3 aromatic carbocycles. The van der Waals surface area contributed by atoms with Gasteiger partial charge in [-0.25, -0.2) is 4.98 Å². The molecule has 0 saturated carbocycles. The van der Waals surface area contributed by atoms with Crippen LogP contribution < -0.4 is 4.90 Å². The maximum absolute atomic E-state index is 14.1. The van der Waals surface area contributed by atoms with Gasteiger partial charge in [0.1, 0.15) is 5.01 Å². The molecule has 198 valence electrons. The van der Waals surface area contributed by atoms with Crippen LogP contribution >= 0.6 is 11.3 Å². The first-order valence-corrected chi connectivity index (χ1v) is 14.0. The van der Waals surface area contributed by atoms with Crippen LogP contribution in [0.2, 0.25) is 0 Å². The van der Waals surface area contributed by atoms with Gasteiger partial charge >= 0.3 is 0 Å². The van der Waals surface area contributed by atoms with E-state index in [4.69, 9.17) is 0 Å². The number of Topliss-reactive ketones (excluding diaryl/α,β-unsaturated/α-hetero) is 1. The first-order chi connectivity index (χ1) is 18.7. The molecule has 1 N–H and O–H groups in total. The lowest BCUT2D eigenvalue weighted by atomic mass is 9.92. The zero-order valence-electron chi connectivity index (χ0n) is 22.8. The van der Waals surface area contributed by atoms with Crippen LogP contribution in [0.1, 0.15) is 77.6 Å². The van der Waals surface area contributed by atoms with Gasteiger partial charge in [0.25, 0.3) is 5.91 Å². The number of hydrogen-bond donors (Lipinski definition) is 1. The fourth-order valence-corrected chi connectivity index (χ4v) is 5.96. The maximum Gasteiger partial charge on any atom is 0.294 e. The number of carbonyl (C=O) groups is 2. The topological polar surface area (TPSA) is 70.5 Å². The summed E-state index contributed by atoms with van der Waals surface area (Å²) in [5.41, 5.74) is 5.26. The predicted molar refractivity (Wildman–Crippen MR) is 158 cm³/mol. The second kappa shape index (κ2) is 10.6. The van der Waals surface area contributed by atoms with Crippen molar-refractivity contribution in [2.24, 2.45) is 0 Å². The van der Waals surface area contributed by atoms with Gasteiger partial charge in [-0.2, -0.15) is 0 Å². The lowest BCUT2D eigenvalue weighted by molar-refractivity contribution is -0.117. The average Bonchev–Trinajstić information content (AvgIpc) is 3.46. The molecule has 1 aliphatic rings. The van der Waals surface area contributed by atoms with E-state index in [9.17, 15) is 14.7 Å². The number of aliphatic hydroxyl groups excluding tert-OH is 1. The first kappa shape index (κ1) is 26.6. The summed E-state index contributed by atoms with van der Waals surface area (Å²) in [6.07, 6.45) is 0. The number of thiazole rings is 1. The van der Waals surface area contributed by atoms with Crippen LogP contribution in [-0.2, 0) is 4.79 Å². The number of rotatable bonds is 7. The Morgan fingerprint density at radius 1 is 0.872 bits per heavy atom. The summed E-state index contributed by atoms with van der Waals surface area (Å²) >= 11 is 1.28. The maximum atomic E-state index is 14.1. The molecule has 5 rings (SSSR count). The second-order valence-corrected chi connectivity index (χ2v) is 11.5. The summed E-state index contributed by atoms with van der Waals surface area (Å²) in [7, 11) is 0. The number of benzene rings is 3. The fraction of sp³-hybridized carbons (Fsp3) is 0.242. The molecule has 5 nitrogen and oxygen atoms in total. The zero-order chi connectivity index (χ0) is 27.8. The summed E-state index contributed by atoms with van der Waals surface area (Å²) in [5, 5.41) is 11.9. The van der Waals surface area contributed by atoms with Gasteiger partial charge < -0.3 is 5.11 Å². The van der Waals surface area contributed by atoms with Gasteiger partial charge in [-0.3, -0.25) is 14.5 Å². The molecule has 2 heterocycles. The Morgan fingerprint density at radius 2 is 1.44 bits per heavy atom. The van der Waals surface area contributed by atoms with Crippen molar-refractivity contribution in [3.63, 3.8) is 0 Å². The molecule has 6 heteroatoms. The van der Waals surface area contributed by atoms with E-state index in [1.165, 1.54) is 16.2 Å². The van der Waals surface area contributed by atoms with Crippen molar-refractivity contribution < 1.29 is 14.7 Å². The number of aromatic nitrogens is 1. The SMILES string of the molecule is Cc1nc(-c2ccccc2)sc1C(=O)C1=C(O)C(=O)N(c2ccc(C(C)C)cc2)C1c1ccc(C(C)C)cc1. The van der Waals surface area contributed by atoms with Crippen LogP contribution in [0, 0.1) is 6.92 Å². The van der Waals surface area contributed by atoms with E-state index in [1.807, 2.05) is 78.9 Å². The summed E-state index contributed by atoms with van der Waals surface area (Å²) in [6, 6.07) is 24.6. The smallest absolute Gasteiger partial charge is 0.294 e. The van der Waals surface area contributed by atoms with Crippen LogP contribution in [0.25, 0.3) is 10.6 Å². The second-order valence-electron chi connectivity index (χ2n) is 10.5. The van der Waals surface area contributed by atoms with Gasteiger partial charge in [0, 0.05) is 11.3 Å². The number of carbonyl (C=O) groups excluding carboxylic acids is 2. The fourth-order valence-electron chi connectivity index (χ4n) is 4.94. The predicted octanol–water partition coefficient (Wildman–Crippen LogP) is 8.15. The molecule has 0 radical (unpaired) electrons. The van der Waals surface area contributed by atoms with Gasteiger partial charge in [-0.05, 0) is 47.6 Å². The molecule has 0 fully saturated rings. The molecule has 0 aliphatic carbocycles. The average molecular weight is 537 g/mol. The molecule has 0 bridgehead atoms. The van der Waals surface area contributed by atoms with Crippen LogP contribution in [0.4, 0.5) is 5.69 Å². The molecule has 0 spiro atoms. The van der Waals surface area contributed by atoms with Crippen molar-refractivity contribution in [2.45, 2.75) is 52.5 Å². The van der Waals surface area contributed by atoms with Crippen LogP contribution in [0.15, 0.2) is 90.2 Å². The van der Waals surface area contributed by atoms with Gasteiger partial charge in [0.15, 0.2) is 5.76 Å². The first-order valence-electron chi connectivity index (χ1n) is 13.2. The highest BCUT2D eigenvalue weighted by Gasteiger charge is 2.45. The van der Waals surface area contributed by atoms with Crippen LogP contribution in [0.5, 0.6) is 0 Å². The number of hydrogen-bond acceptors (Lipinski definition) is 5. The van der Waals surface area contributed by atoms with Crippen molar-refractivity contribution in [3.05, 3.63) is 117 Å². The minimum atomic E-state index is -0.766. The molecular formula is C33H32N2O3S. The minimum absolute atomic E-state index is 0.0802. The van der Waals surface area contributed by atoms with Crippen molar-refractivity contribution in [2.75, 3.05) is 4.90 Å². The van der Waals surface area contributed by atoms with Crippen molar-refractivity contribution in [1.29, 1.82) is 0 Å². The van der Waals surface area contributed by atoms with Crippen molar-refractivity contribution in [3.8, 4) is 10.6 Å². The van der Waals surface area contributed by atoms with E-state index in [0.29, 0.717) is 28.1 Å². The summed E-state index contributed by atoms with van der Waals surface area (Å²) in [5.74, 6) is -0.800. The van der Waals surface area contributed by atoms with E-state index >= 15 is 0 Å². The number of nitrogens with zero attached hydrogens (tertiary/aromatic N) is 2. The third kappa shape index (κ3) is 4.92. The Labute approximate surface area is 233 Å². The Kier molecular flexibility index (Phi) is 7.23. The van der Waals surface area contributed by atoms with E-state index in [1.54, 1.807) is 6.92 Å². The molecule has 1 aliphatic heterocycles. The van der Waals surface area contributed by atoms with Gasteiger partial charge in [-0.1, -0.05) is 94.4 Å². The minimum Gasteiger partial charge on any atom is -0.503 e. The number of anilines is 1. The number of ketones is 1. The van der Waals surface area contributed by atoms with E-state index < -0.39 is 17.7 Å². The van der Waals surface area contributed by atoms with Crippen molar-refractivity contribution in [1.82, 2.24) is 4.98 Å². The highest BCUT2D eigenvalue weighted by molar-refractivity contribution is 7.17. The quantitative estimate of drug-likeness (QED) is 0.242. The summed E-state index contributed by atoms with van der Waals surface area (Å²) in [6.45, 7) is 10.3. The molecule has 39 heavy (non-hydrogen) atoms. The van der Waals surface area contributed by atoms with Crippen LogP contribution in [-0.4, -0.2) is 21.8 Å². The molecule has 0 saturated heterocycles. The number of aliphatic hydroxyl groups is 1. The number of amides is 1. The molecule has 1 aromatic heterocycles. The van der Waals surface area contributed by atoms with E-state index in [0.717, 1.165) is 27.3 Å². The molecule has 4 aromatic rings. The lowest BCUT2D eigenvalue weighted by Gasteiger charge is -2.27. The van der Waals surface area contributed by atoms with Crippen molar-refractivity contribution >= 4 is 28.7 Å². The standard InChI is InChI=1S/C33H32N2O3S/c1-19(2)22-11-13-24(14-12-22)28-27(29(36)31-21(5)34-32(39-31)25-9-7-6-8-10-25)30(37)33(38)35(28)26-17-15-23(16-18-26)20(3)4/h6-20,28,37H,1-5H3. The third-order valence-electron chi connectivity index (χ3n) is 7.23. The molecule has 1 unspecified atom stereocenters.